The molecule has 3 heterocycles. The molecule has 0 fully saturated rings. The SMILES string of the molecule is COc1ccccc1C1CNc2ncc(-c3ccc(C(=O)O)s3)cc21. The van der Waals surface area contributed by atoms with E-state index in [0.29, 0.717) is 4.88 Å². The molecular weight excluding hydrogens is 336 g/mol. The molecule has 1 atom stereocenters. The number of benzene rings is 1. The fraction of sp³-hybridized carbons (Fsp3) is 0.158. The van der Waals surface area contributed by atoms with Gasteiger partial charge in [0, 0.05) is 40.2 Å². The number of carbonyl (C=O) groups is 1. The smallest absolute Gasteiger partial charge is 0.345 e. The van der Waals surface area contributed by atoms with Crippen molar-refractivity contribution in [1.29, 1.82) is 0 Å². The Hall–Kier alpha value is -2.86. The lowest BCUT2D eigenvalue weighted by Gasteiger charge is -2.15. The van der Waals surface area contributed by atoms with Gasteiger partial charge in [-0.05, 0) is 24.3 Å². The molecule has 126 valence electrons. The van der Waals surface area contributed by atoms with Crippen LogP contribution in [-0.2, 0) is 0 Å². The van der Waals surface area contributed by atoms with Crippen LogP contribution in [0.25, 0.3) is 10.4 Å². The minimum Gasteiger partial charge on any atom is -0.496 e. The molecule has 0 radical (unpaired) electrons. The van der Waals surface area contributed by atoms with E-state index in [0.717, 1.165) is 39.7 Å². The Morgan fingerprint density at radius 2 is 2.12 bits per heavy atom. The van der Waals surface area contributed by atoms with Crippen molar-refractivity contribution in [2.24, 2.45) is 0 Å². The number of para-hydroxylation sites is 1. The lowest BCUT2D eigenvalue weighted by Crippen LogP contribution is -2.05. The number of nitrogens with zero attached hydrogens (tertiary/aromatic N) is 1. The van der Waals surface area contributed by atoms with Crippen LogP contribution in [0.3, 0.4) is 0 Å². The van der Waals surface area contributed by atoms with Gasteiger partial charge in [-0.1, -0.05) is 18.2 Å². The summed E-state index contributed by atoms with van der Waals surface area (Å²) in [6.45, 7) is 0.761. The number of aromatic carboxylic acids is 1. The van der Waals surface area contributed by atoms with E-state index in [9.17, 15) is 4.79 Å². The number of carboxylic acids is 1. The zero-order chi connectivity index (χ0) is 17.4. The van der Waals surface area contributed by atoms with Gasteiger partial charge in [0.05, 0.1) is 7.11 Å². The second-order valence-electron chi connectivity index (χ2n) is 5.81. The molecule has 0 bridgehead atoms. The third-order valence-corrected chi connectivity index (χ3v) is 5.50. The van der Waals surface area contributed by atoms with Crippen LogP contribution in [-0.4, -0.2) is 29.7 Å². The van der Waals surface area contributed by atoms with Crippen molar-refractivity contribution in [3.05, 3.63) is 64.7 Å². The van der Waals surface area contributed by atoms with Gasteiger partial charge in [0.1, 0.15) is 16.4 Å². The van der Waals surface area contributed by atoms with Gasteiger partial charge < -0.3 is 15.2 Å². The van der Waals surface area contributed by atoms with E-state index >= 15 is 0 Å². The molecule has 2 N–H and O–H groups in total. The molecule has 0 aliphatic carbocycles. The number of hydrogen-bond donors (Lipinski definition) is 2. The van der Waals surface area contributed by atoms with E-state index in [1.165, 1.54) is 11.3 Å². The number of thiophene rings is 1. The Kier molecular flexibility index (Phi) is 3.89. The van der Waals surface area contributed by atoms with Gasteiger partial charge in [-0.3, -0.25) is 0 Å². The van der Waals surface area contributed by atoms with Gasteiger partial charge in [0.25, 0.3) is 0 Å². The number of methoxy groups -OCH3 is 1. The van der Waals surface area contributed by atoms with E-state index in [1.54, 1.807) is 19.4 Å². The molecule has 0 amide bonds. The van der Waals surface area contributed by atoms with Crippen molar-refractivity contribution >= 4 is 23.1 Å². The zero-order valence-electron chi connectivity index (χ0n) is 13.5. The highest BCUT2D eigenvalue weighted by Crippen LogP contribution is 2.41. The number of anilines is 1. The molecule has 4 rings (SSSR count). The highest BCUT2D eigenvalue weighted by atomic mass is 32.1. The molecular formula is C19H16N2O3S. The Morgan fingerprint density at radius 3 is 2.88 bits per heavy atom. The number of carboxylic acid groups (broad SMARTS) is 1. The first-order chi connectivity index (χ1) is 12.2. The van der Waals surface area contributed by atoms with Gasteiger partial charge in [0.15, 0.2) is 0 Å². The van der Waals surface area contributed by atoms with Gasteiger partial charge in [-0.25, -0.2) is 9.78 Å². The maximum absolute atomic E-state index is 11.1. The maximum Gasteiger partial charge on any atom is 0.345 e. The fourth-order valence-corrected chi connectivity index (χ4v) is 4.00. The molecule has 1 aliphatic rings. The van der Waals surface area contributed by atoms with Crippen LogP contribution in [0.15, 0.2) is 48.7 Å². The summed E-state index contributed by atoms with van der Waals surface area (Å²) in [7, 11) is 1.68. The third kappa shape index (κ3) is 2.74. The molecule has 2 aromatic heterocycles. The number of fused-ring (bicyclic) bond motifs is 1. The topological polar surface area (TPSA) is 71.5 Å². The van der Waals surface area contributed by atoms with E-state index in [2.05, 4.69) is 22.4 Å². The summed E-state index contributed by atoms with van der Waals surface area (Å²) in [5, 5.41) is 12.5. The van der Waals surface area contributed by atoms with Crippen LogP contribution in [0.5, 0.6) is 5.75 Å². The quantitative estimate of drug-likeness (QED) is 0.740. The van der Waals surface area contributed by atoms with Crippen LogP contribution < -0.4 is 10.1 Å². The van der Waals surface area contributed by atoms with Gasteiger partial charge in [0.2, 0.25) is 0 Å². The Morgan fingerprint density at radius 1 is 1.28 bits per heavy atom. The molecule has 0 spiro atoms. The Labute approximate surface area is 148 Å². The first kappa shape index (κ1) is 15.7. The average molecular weight is 352 g/mol. The summed E-state index contributed by atoms with van der Waals surface area (Å²) >= 11 is 1.26. The molecule has 0 saturated heterocycles. The molecule has 25 heavy (non-hydrogen) atoms. The zero-order valence-corrected chi connectivity index (χ0v) is 14.3. The summed E-state index contributed by atoms with van der Waals surface area (Å²) in [6.07, 6.45) is 1.79. The van der Waals surface area contributed by atoms with E-state index in [4.69, 9.17) is 9.84 Å². The van der Waals surface area contributed by atoms with Crippen molar-refractivity contribution in [2.45, 2.75) is 5.92 Å². The normalized spacial score (nSPS) is 15.5. The summed E-state index contributed by atoms with van der Waals surface area (Å²) in [4.78, 5) is 16.9. The van der Waals surface area contributed by atoms with Gasteiger partial charge in [-0.15, -0.1) is 11.3 Å². The van der Waals surface area contributed by atoms with Crippen LogP contribution in [0, 0.1) is 0 Å². The average Bonchev–Trinajstić information content (AvgIpc) is 3.28. The van der Waals surface area contributed by atoms with E-state index in [-0.39, 0.29) is 5.92 Å². The van der Waals surface area contributed by atoms with Crippen molar-refractivity contribution in [2.75, 3.05) is 19.0 Å². The number of hydrogen-bond acceptors (Lipinski definition) is 5. The first-order valence-corrected chi connectivity index (χ1v) is 8.69. The largest absolute Gasteiger partial charge is 0.496 e. The Balaban J connectivity index is 1.75. The standard InChI is InChI=1S/C19H16N2O3S/c1-24-15-5-3-2-4-12(15)14-10-21-18-13(14)8-11(9-20-18)16-6-7-17(25-16)19(22)23/h2-9,14H,10H2,1H3,(H,20,21)(H,22,23). The van der Waals surface area contributed by atoms with Crippen molar-refractivity contribution in [3.63, 3.8) is 0 Å². The number of rotatable bonds is 4. The highest BCUT2D eigenvalue weighted by molar-refractivity contribution is 7.17. The van der Waals surface area contributed by atoms with Gasteiger partial charge in [-0.2, -0.15) is 0 Å². The minimum absolute atomic E-state index is 0.150. The first-order valence-electron chi connectivity index (χ1n) is 7.87. The second-order valence-corrected chi connectivity index (χ2v) is 6.89. The Bertz CT molecular complexity index is 951. The van der Waals surface area contributed by atoms with Crippen LogP contribution in [0.4, 0.5) is 5.82 Å². The number of ether oxygens (including phenoxy) is 1. The van der Waals surface area contributed by atoms with Crippen LogP contribution >= 0.6 is 11.3 Å². The fourth-order valence-electron chi connectivity index (χ4n) is 3.18. The van der Waals surface area contributed by atoms with Crippen LogP contribution in [0.2, 0.25) is 0 Å². The number of nitrogens with one attached hydrogen (secondary N) is 1. The maximum atomic E-state index is 11.1. The number of pyridine rings is 1. The molecule has 6 heteroatoms. The monoisotopic (exact) mass is 352 g/mol. The molecule has 1 aliphatic heterocycles. The lowest BCUT2D eigenvalue weighted by atomic mass is 9.92. The predicted octanol–water partition coefficient (Wildman–Crippen LogP) is 4.07. The van der Waals surface area contributed by atoms with Crippen molar-refractivity contribution < 1.29 is 14.6 Å². The van der Waals surface area contributed by atoms with E-state index < -0.39 is 5.97 Å². The van der Waals surface area contributed by atoms with Crippen molar-refractivity contribution in [3.8, 4) is 16.2 Å². The molecule has 1 aromatic carbocycles. The van der Waals surface area contributed by atoms with Gasteiger partial charge >= 0.3 is 5.97 Å². The summed E-state index contributed by atoms with van der Waals surface area (Å²) in [5.41, 5.74) is 3.15. The minimum atomic E-state index is -0.904. The summed E-state index contributed by atoms with van der Waals surface area (Å²) < 4.78 is 5.51. The lowest BCUT2D eigenvalue weighted by molar-refractivity contribution is 0.0702. The number of aromatic nitrogens is 1. The predicted molar refractivity (Wildman–Crippen MR) is 97.8 cm³/mol. The highest BCUT2D eigenvalue weighted by Gasteiger charge is 2.27. The molecule has 3 aromatic rings. The molecule has 0 saturated carbocycles. The molecule has 5 nitrogen and oxygen atoms in total. The summed E-state index contributed by atoms with van der Waals surface area (Å²) in [6, 6.07) is 13.6. The van der Waals surface area contributed by atoms with Crippen LogP contribution in [0.1, 0.15) is 26.7 Å². The third-order valence-electron chi connectivity index (χ3n) is 4.38. The second kappa shape index (κ2) is 6.22. The summed E-state index contributed by atoms with van der Waals surface area (Å²) in [5.74, 6) is 0.975. The molecule has 1 unspecified atom stereocenters. The van der Waals surface area contributed by atoms with E-state index in [1.807, 2.05) is 24.3 Å². The van der Waals surface area contributed by atoms with Crippen molar-refractivity contribution in [1.82, 2.24) is 4.98 Å².